The maximum absolute atomic E-state index is 11.8. The Morgan fingerprint density at radius 2 is 1.85 bits per heavy atom. The molecule has 100 valence electrons. The van der Waals surface area contributed by atoms with Crippen LogP contribution in [-0.2, 0) is 9.53 Å². The van der Waals surface area contributed by atoms with E-state index in [1.807, 2.05) is 19.1 Å². The number of hydrogen-bond acceptors (Lipinski definition) is 3. The minimum atomic E-state index is -0.385. The van der Waals surface area contributed by atoms with Crippen LogP contribution in [0, 0.1) is 6.92 Å². The number of hydrogen-bond donors (Lipinski definition) is 0. The largest absolute Gasteiger partial charge is 0.462 e. The van der Waals surface area contributed by atoms with E-state index in [4.69, 9.17) is 20.8 Å². The number of ether oxygens (including phenoxy) is 1. The van der Waals surface area contributed by atoms with Crippen LogP contribution in [-0.4, -0.2) is 5.97 Å². The molecule has 0 aliphatic carbocycles. The van der Waals surface area contributed by atoms with Crippen LogP contribution in [0.4, 0.5) is 0 Å². The lowest BCUT2D eigenvalue weighted by Gasteiger charge is -2.00. The summed E-state index contributed by atoms with van der Waals surface area (Å²) in [5.41, 5.74) is 1.27. The van der Waals surface area contributed by atoms with Crippen molar-refractivity contribution in [3.8, 4) is 0 Å². The summed E-state index contributed by atoms with van der Waals surface area (Å²) >= 11 is 5.83. The summed E-state index contributed by atoms with van der Waals surface area (Å²) in [4.78, 5) is 11.8. The Morgan fingerprint density at radius 1 is 1.10 bits per heavy atom. The molecular formula is C16H11ClO3. The number of esters is 1. The predicted octanol–water partition coefficient (Wildman–Crippen LogP) is 4.22. The summed E-state index contributed by atoms with van der Waals surface area (Å²) in [6.45, 7) is 1.85. The lowest BCUT2D eigenvalue weighted by Crippen LogP contribution is -1.96. The number of aryl methyl sites for hydroxylation is 1. The van der Waals surface area contributed by atoms with Gasteiger partial charge in [-0.15, -0.1) is 0 Å². The summed E-state index contributed by atoms with van der Waals surface area (Å²) in [6.07, 6.45) is 3.36. The molecule has 2 heterocycles. The fourth-order valence-electron chi connectivity index (χ4n) is 1.93. The molecule has 0 fully saturated rings. The number of halogens is 1. The smallest absolute Gasteiger partial charge is 0.343 e. The Balaban J connectivity index is 1.92. The molecule has 4 heteroatoms. The van der Waals surface area contributed by atoms with Crippen LogP contribution in [0.25, 0.3) is 11.8 Å². The van der Waals surface area contributed by atoms with Crippen LogP contribution in [0.2, 0.25) is 5.02 Å². The topological polar surface area (TPSA) is 39.4 Å². The Kier molecular flexibility index (Phi) is 3.20. The van der Waals surface area contributed by atoms with E-state index in [0.717, 1.165) is 11.3 Å². The molecule has 1 aromatic carbocycles. The molecule has 1 aromatic heterocycles. The van der Waals surface area contributed by atoms with Gasteiger partial charge in [-0.1, -0.05) is 11.6 Å². The summed E-state index contributed by atoms with van der Waals surface area (Å²) in [7, 11) is 0. The highest BCUT2D eigenvalue weighted by molar-refractivity contribution is 6.30. The van der Waals surface area contributed by atoms with Crippen molar-refractivity contribution >= 4 is 29.4 Å². The van der Waals surface area contributed by atoms with Crippen LogP contribution in [0.5, 0.6) is 0 Å². The fraction of sp³-hybridized carbons (Fsp3) is 0.0625. The summed E-state index contributed by atoms with van der Waals surface area (Å²) in [5.74, 6) is 1.55. The molecule has 0 N–H and O–H groups in total. The Morgan fingerprint density at radius 3 is 2.50 bits per heavy atom. The van der Waals surface area contributed by atoms with Crippen molar-refractivity contribution in [2.45, 2.75) is 6.92 Å². The Labute approximate surface area is 121 Å². The van der Waals surface area contributed by atoms with Gasteiger partial charge in [-0.25, -0.2) is 4.79 Å². The zero-order valence-corrected chi connectivity index (χ0v) is 11.5. The molecular weight excluding hydrogens is 276 g/mol. The Hall–Kier alpha value is -2.26. The molecule has 1 aliphatic rings. The zero-order chi connectivity index (χ0) is 14.1. The van der Waals surface area contributed by atoms with E-state index in [-0.39, 0.29) is 5.97 Å². The van der Waals surface area contributed by atoms with Gasteiger partial charge in [-0.05, 0) is 55.5 Å². The predicted molar refractivity (Wildman–Crippen MR) is 76.9 cm³/mol. The molecule has 0 saturated carbocycles. The summed E-state index contributed by atoms with van der Waals surface area (Å²) < 4.78 is 10.7. The van der Waals surface area contributed by atoms with Gasteiger partial charge in [-0.2, -0.15) is 0 Å². The van der Waals surface area contributed by atoms with Gasteiger partial charge in [0.05, 0.1) is 5.57 Å². The van der Waals surface area contributed by atoms with Crippen molar-refractivity contribution in [1.82, 2.24) is 0 Å². The normalized spacial score (nSPS) is 16.4. The molecule has 0 unspecified atom stereocenters. The van der Waals surface area contributed by atoms with E-state index < -0.39 is 0 Å². The molecule has 0 amide bonds. The average Bonchev–Trinajstić information content (AvgIpc) is 2.98. The first kappa shape index (κ1) is 12.8. The van der Waals surface area contributed by atoms with Crippen LogP contribution >= 0.6 is 11.6 Å². The van der Waals surface area contributed by atoms with Gasteiger partial charge in [0.15, 0.2) is 0 Å². The molecule has 0 radical (unpaired) electrons. The van der Waals surface area contributed by atoms with Crippen LogP contribution in [0.15, 0.2) is 52.5 Å². The van der Waals surface area contributed by atoms with Gasteiger partial charge in [-0.3, -0.25) is 0 Å². The van der Waals surface area contributed by atoms with Gasteiger partial charge < -0.3 is 9.15 Å². The Bertz CT molecular complexity index is 720. The van der Waals surface area contributed by atoms with Gasteiger partial charge >= 0.3 is 5.97 Å². The van der Waals surface area contributed by atoms with Crippen LogP contribution in [0.1, 0.15) is 17.1 Å². The third kappa shape index (κ3) is 2.53. The number of carbonyl (C=O) groups excluding carboxylic acids is 1. The highest BCUT2D eigenvalue weighted by Gasteiger charge is 2.22. The third-order valence-electron chi connectivity index (χ3n) is 2.91. The number of carbonyl (C=O) groups is 1. The quantitative estimate of drug-likeness (QED) is 0.613. The highest BCUT2D eigenvalue weighted by Crippen LogP contribution is 2.28. The van der Waals surface area contributed by atoms with E-state index in [1.54, 1.807) is 36.4 Å². The maximum Gasteiger partial charge on any atom is 0.343 e. The molecule has 20 heavy (non-hydrogen) atoms. The minimum Gasteiger partial charge on any atom is -0.462 e. The molecule has 1 aliphatic heterocycles. The molecule has 0 saturated heterocycles. The monoisotopic (exact) mass is 286 g/mol. The molecule has 0 bridgehead atoms. The summed E-state index contributed by atoms with van der Waals surface area (Å²) in [6, 6.07) is 10.8. The van der Waals surface area contributed by atoms with E-state index >= 15 is 0 Å². The first-order valence-electron chi connectivity index (χ1n) is 6.10. The second-order valence-corrected chi connectivity index (χ2v) is 4.89. The van der Waals surface area contributed by atoms with Crippen molar-refractivity contribution < 1.29 is 13.9 Å². The van der Waals surface area contributed by atoms with Crippen molar-refractivity contribution in [3.05, 3.63) is 70.2 Å². The molecule has 3 nitrogen and oxygen atoms in total. The lowest BCUT2D eigenvalue weighted by atomic mass is 10.1. The lowest BCUT2D eigenvalue weighted by molar-refractivity contribution is -0.130. The number of furan rings is 1. The minimum absolute atomic E-state index is 0.385. The second kappa shape index (κ2) is 5.02. The molecule has 0 atom stereocenters. The van der Waals surface area contributed by atoms with Crippen molar-refractivity contribution in [2.24, 2.45) is 0 Å². The molecule has 3 rings (SSSR count). The van der Waals surface area contributed by atoms with Gasteiger partial charge in [0.1, 0.15) is 17.3 Å². The highest BCUT2D eigenvalue weighted by atomic mass is 35.5. The third-order valence-corrected chi connectivity index (χ3v) is 3.16. The van der Waals surface area contributed by atoms with Crippen molar-refractivity contribution in [2.75, 3.05) is 0 Å². The molecule has 2 aromatic rings. The standard InChI is InChI=1S/C16H11ClO3/c1-10-2-7-14(19-10)8-12-9-15(20-16(12)18)11-3-5-13(17)6-4-11/h2-9H,1H3/b12-8+. The SMILES string of the molecule is Cc1ccc(/C=C2\C=C(c3ccc(Cl)cc3)OC2=O)o1. The average molecular weight is 287 g/mol. The van der Waals surface area contributed by atoms with Gasteiger partial charge in [0.2, 0.25) is 0 Å². The first-order valence-corrected chi connectivity index (χ1v) is 6.47. The number of cyclic esters (lactones) is 1. The summed E-state index contributed by atoms with van der Waals surface area (Å²) in [5, 5.41) is 0.639. The van der Waals surface area contributed by atoms with Crippen LogP contribution in [0.3, 0.4) is 0 Å². The van der Waals surface area contributed by atoms with Gasteiger partial charge in [0, 0.05) is 10.6 Å². The number of rotatable bonds is 2. The molecule has 0 spiro atoms. The number of benzene rings is 1. The fourth-order valence-corrected chi connectivity index (χ4v) is 2.06. The van der Waals surface area contributed by atoms with E-state index in [1.165, 1.54) is 0 Å². The zero-order valence-electron chi connectivity index (χ0n) is 10.7. The van der Waals surface area contributed by atoms with Crippen molar-refractivity contribution in [3.63, 3.8) is 0 Å². The second-order valence-electron chi connectivity index (χ2n) is 4.45. The van der Waals surface area contributed by atoms with Crippen molar-refractivity contribution in [1.29, 1.82) is 0 Å². The van der Waals surface area contributed by atoms with E-state index in [9.17, 15) is 4.79 Å². The maximum atomic E-state index is 11.8. The van der Waals surface area contributed by atoms with Crippen LogP contribution < -0.4 is 0 Å². The van der Waals surface area contributed by atoms with E-state index in [0.29, 0.717) is 22.1 Å². The first-order chi connectivity index (χ1) is 9.61. The van der Waals surface area contributed by atoms with Gasteiger partial charge in [0.25, 0.3) is 0 Å². The van der Waals surface area contributed by atoms with E-state index in [2.05, 4.69) is 0 Å².